The second-order valence-corrected chi connectivity index (χ2v) is 39.1. The Morgan fingerprint density at radius 3 is 1.09 bits per heavy atom. The highest BCUT2D eigenvalue weighted by molar-refractivity contribution is 7.90. The number of nitrogens with zero attached hydrogens (tertiary/aromatic N) is 16. The van der Waals surface area contributed by atoms with Crippen molar-refractivity contribution in [1.29, 1.82) is 0 Å². The molecule has 37 nitrogen and oxygen atoms in total. The molecule has 13 N–H and O–H groups in total. The van der Waals surface area contributed by atoms with Gasteiger partial charge in [0, 0.05) is 108 Å². The van der Waals surface area contributed by atoms with Crippen LogP contribution in [0.4, 0.5) is 58.3 Å². The number of rotatable bonds is 12. The Labute approximate surface area is 701 Å². The first-order chi connectivity index (χ1) is 58.2. The van der Waals surface area contributed by atoms with Gasteiger partial charge in [-0.3, -0.25) is 24.4 Å². The number of sulfonamides is 4. The number of Topliss-reactive ketones (excluding diaryl/α,β-unsaturated/α-hetero) is 2. The smallest absolute Gasteiger partial charge is 0.255 e. The lowest BCUT2D eigenvalue weighted by Crippen LogP contribution is -2.48. The summed E-state index contributed by atoms with van der Waals surface area (Å²) in [5, 5.41) is 47.1. The molecule has 2 amide bonds. The van der Waals surface area contributed by atoms with Crippen molar-refractivity contribution in [3.05, 3.63) is 146 Å². The van der Waals surface area contributed by atoms with Crippen LogP contribution in [0, 0.1) is 0 Å². The van der Waals surface area contributed by atoms with E-state index in [1.54, 1.807) is 66.1 Å². The van der Waals surface area contributed by atoms with E-state index in [1.807, 2.05) is 29.8 Å². The van der Waals surface area contributed by atoms with Crippen molar-refractivity contribution in [3.63, 3.8) is 0 Å². The lowest BCUT2D eigenvalue weighted by Gasteiger charge is -2.44. The Hall–Kier alpha value is -11.7. The number of hydroxylamine groups is 1. The first-order valence-corrected chi connectivity index (χ1v) is 46.6. The van der Waals surface area contributed by atoms with Crippen molar-refractivity contribution >= 4 is 166 Å². The fourth-order valence-corrected chi connectivity index (χ4v) is 21.1. The molecular formula is C81H90N24O13S4. The Kier molecular flexibility index (Phi) is 21.6. The maximum absolute atomic E-state index is 12.7. The largest absolute Gasteiger partial charge is 0.324 e. The van der Waals surface area contributed by atoms with Crippen LogP contribution in [0.15, 0.2) is 154 Å². The lowest BCUT2D eigenvalue weighted by molar-refractivity contribution is -0.128. The molecule has 4 aliphatic carbocycles. The molecule has 0 bridgehead atoms. The van der Waals surface area contributed by atoms with Crippen LogP contribution in [-0.2, 0) is 94.3 Å². The summed E-state index contributed by atoms with van der Waals surface area (Å²) in [6.07, 6.45) is 33.2. The maximum Gasteiger partial charge on any atom is 0.255 e. The third-order valence-electron chi connectivity index (χ3n) is 24.7. The van der Waals surface area contributed by atoms with Gasteiger partial charge in [0.2, 0.25) is 59.8 Å². The zero-order valence-electron chi connectivity index (χ0n) is 66.5. The molecule has 0 atom stereocenters. The fraction of sp³-hybridized carbons (Fsp3) is 0.383. The summed E-state index contributed by atoms with van der Waals surface area (Å²) < 4.78 is 100. The number of benzene rings is 2. The number of nitrogens with one attached hydrogen (secondary N) is 4. The van der Waals surface area contributed by atoms with Crippen LogP contribution in [0.1, 0.15) is 165 Å². The zero-order chi connectivity index (χ0) is 85.5. The van der Waals surface area contributed by atoms with Crippen molar-refractivity contribution in [2.45, 2.75) is 209 Å². The number of anilines is 10. The zero-order valence-corrected chi connectivity index (χ0v) is 69.8. The topological polar surface area (TPSA) is 532 Å². The summed E-state index contributed by atoms with van der Waals surface area (Å²) in [5.74, 6) is 3.57. The van der Waals surface area contributed by atoms with E-state index in [-0.39, 0.29) is 60.3 Å². The van der Waals surface area contributed by atoms with Crippen LogP contribution in [0.5, 0.6) is 0 Å². The van der Waals surface area contributed by atoms with Gasteiger partial charge in [0.1, 0.15) is 56.5 Å². The summed E-state index contributed by atoms with van der Waals surface area (Å²) >= 11 is 0. The molecule has 4 fully saturated rings. The number of aromatic nitrogens is 14. The normalized spacial score (nSPS) is 18.4. The number of carbonyl (C=O) groups is 4. The summed E-state index contributed by atoms with van der Waals surface area (Å²) in [4.78, 5) is 96.2. The second kappa shape index (κ2) is 32.0. The molecule has 41 heteroatoms. The number of ketones is 2. The molecule has 0 radical (unpaired) electrons. The van der Waals surface area contributed by atoms with Crippen molar-refractivity contribution in [2.75, 3.05) is 38.3 Å². The molecule has 4 aliphatic heterocycles. The fourth-order valence-electron chi connectivity index (χ4n) is 19.2. The summed E-state index contributed by atoms with van der Waals surface area (Å²) in [6, 6.07) is 25.6. The Morgan fingerprint density at radius 1 is 0.352 bits per heavy atom. The molecule has 8 aliphatic rings. The molecule has 2 aromatic carbocycles. The minimum Gasteiger partial charge on any atom is -0.324 e. The van der Waals surface area contributed by atoms with E-state index < -0.39 is 45.6 Å². The molecule has 20 rings (SSSR count). The molecule has 0 unspecified atom stereocenters. The molecule has 4 spiro atoms. The van der Waals surface area contributed by atoms with Gasteiger partial charge < -0.3 is 44.4 Å². The van der Waals surface area contributed by atoms with E-state index in [1.165, 1.54) is 74.1 Å². The van der Waals surface area contributed by atoms with Crippen molar-refractivity contribution < 1.29 is 58.1 Å². The first kappa shape index (κ1) is 82.6. The van der Waals surface area contributed by atoms with Crippen LogP contribution >= 0.6 is 0 Å². The molecule has 4 saturated carbocycles. The van der Waals surface area contributed by atoms with E-state index in [0.29, 0.717) is 101 Å². The minimum atomic E-state index is -3.85. The van der Waals surface area contributed by atoms with Crippen LogP contribution in [0.2, 0.25) is 0 Å². The lowest BCUT2D eigenvalue weighted by atomic mass is 9.75. The highest BCUT2D eigenvalue weighted by Gasteiger charge is 2.48. The van der Waals surface area contributed by atoms with Crippen LogP contribution in [0.25, 0.3) is 44.1 Å². The number of hydrogen-bond acceptors (Lipinski definition) is 27. The third-order valence-corrected chi connectivity index (χ3v) is 28.3. The summed E-state index contributed by atoms with van der Waals surface area (Å²) in [7, 11) is -13.3. The molecule has 0 saturated heterocycles. The van der Waals surface area contributed by atoms with Gasteiger partial charge in [-0.05, 0) is 148 Å². The summed E-state index contributed by atoms with van der Waals surface area (Å²) in [5.41, 5.74) is 5.90. The van der Waals surface area contributed by atoms with Gasteiger partial charge in [0.05, 0.1) is 56.7 Å². The molecule has 636 valence electrons. The number of pyridine rings is 2. The van der Waals surface area contributed by atoms with Crippen LogP contribution in [-0.4, -0.2) is 137 Å². The van der Waals surface area contributed by atoms with Gasteiger partial charge in [-0.1, -0.05) is 77.0 Å². The molecule has 14 heterocycles. The van der Waals surface area contributed by atoms with Crippen molar-refractivity contribution in [2.24, 2.45) is 20.6 Å². The van der Waals surface area contributed by atoms with Crippen LogP contribution < -0.4 is 51.8 Å². The van der Waals surface area contributed by atoms with Gasteiger partial charge >= 0.3 is 0 Å². The standard InChI is InChI=1S/C21H24N6O3S.C20H22N6O4S.2C20H22N6O3S/c1-26-17-11-14-13-23-20(24-15-5-7-16(8-6-15)31(22,29)30)25-19(14)27(17)21(12-18(26)28)9-3-2-4-10-21;21-31(29,30)15-6-4-14(5-7-15)23-19-22-12-13-10-16-25(18(13)24-19)20(8-2-1-3-9-20)11-17(27)26(16)28;21-30(28,29)16-4-5-17(22-12-16)24-19-23-11-13-8-14-9-15(27)10-20(6-2-1-3-7-20)26(14)18(13)25-19;21-30(28,29)17-5-4-14(12-22-17)24-19-23-11-13-8-15-9-16(27)10-20(6-2-1-3-7-20)26(15)18(13)25-19/h5-8,11,13H,2-4,9-10,12H2,1H3,(H2,22,29,30)(H,23,24,25);4-7,10,12,28H,1-3,8-9,11H2,(H2,21,29,30)(H,22,23,24);4-5,8,11-12H,1-3,6-7,9-10H2,(H2,21,28,29)(H,22,23,24,25);4-5,8,11-12H,1-3,6-7,9-10H2,(H2,21,28,29)(H,23,24,25). The van der Waals surface area contributed by atoms with E-state index in [4.69, 9.17) is 35.5 Å². The highest BCUT2D eigenvalue weighted by atomic mass is 32.2. The number of nitrogens with two attached hydrogens (primary N) is 4. The molecule has 10 aromatic heterocycles. The first-order valence-electron chi connectivity index (χ1n) is 40.4. The average Bonchev–Trinajstić information content (AvgIpc) is 1.57. The van der Waals surface area contributed by atoms with Gasteiger partial charge in [0.15, 0.2) is 5.03 Å². The van der Waals surface area contributed by atoms with E-state index in [9.17, 15) is 58.1 Å². The quantitative estimate of drug-likeness (QED) is 0.0513. The van der Waals surface area contributed by atoms with Crippen molar-refractivity contribution in [1.82, 2.24) is 68.1 Å². The Balaban J connectivity index is 0.000000116. The molecular weight excluding hydrogens is 1650 g/mol. The highest BCUT2D eigenvalue weighted by Crippen LogP contribution is 2.51. The van der Waals surface area contributed by atoms with Crippen LogP contribution in [0.3, 0.4) is 0 Å². The van der Waals surface area contributed by atoms with E-state index >= 15 is 0 Å². The van der Waals surface area contributed by atoms with Crippen molar-refractivity contribution in [3.8, 4) is 0 Å². The average molecular weight is 1740 g/mol. The predicted octanol–water partition coefficient (Wildman–Crippen LogP) is 10.2. The minimum absolute atomic E-state index is 0.0158. The van der Waals surface area contributed by atoms with E-state index in [2.05, 4.69) is 69.9 Å². The summed E-state index contributed by atoms with van der Waals surface area (Å²) in [6.45, 7) is 0. The SMILES string of the molecule is CN1C(=O)CC2(CCCCC2)n2c1cc1cnc(Nc3ccc(S(N)(=O)=O)cc3)nc12.NS(=O)(=O)c1ccc(Nc2ncc3cc4n(c3n2)C2(CCCCC2)CC(=O)C4)cn1.NS(=O)(=O)c1ccc(Nc2ncc3cc4n(c3n2)C2(CCCCC2)CC(=O)C4)nc1.NS(=O)(=O)c1ccc(Nc2ncc3cc4n(c3n2)C2(CCCCC2)CC(=O)N4O)cc1. The molecule has 122 heavy (non-hydrogen) atoms. The van der Waals surface area contributed by atoms with Gasteiger partial charge in [-0.25, -0.2) is 84.1 Å². The Bertz CT molecular complexity index is 6240. The third kappa shape index (κ3) is 16.3. The number of amides is 2. The second-order valence-electron chi connectivity index (χ2n) is 32.9. The number of carbonyl (C=O) groups excluding carboxylic acids is 4. The number of primary sulfonamides is 4. The molecule has 12 aromatic rings. The maximum atomic E-state index is 12.7. The van der Waals surface area contributed by atoms with Gasteiger partial charge in [0.25, 0.3) is 15.9 Å². The predicted molar refractivity (Wildman–Crippen MR) is 453 cm³/mol. The Morgan fingerprint density at radius 2 is 0.705 bits per heavy atom. The number of fused-ring (bicyclic) bond motifs is 16. The monoisotopic (exact) mass is 1730 g/mol. The van der Waals surface area contributed by atoms with Gasteiger partial charge in [-0.15, -0.1) is 0 Å². The van der Waals surface area contributed by atoms with E-state index in [0.717, 1.165) is 165 Å². The van der Waals surface area contributed by atoms with Gasteiger partial charge in [-0.2, -0.15) is 25.0 Å². The number of hydrogen-bond donors (Lipinski definition) is 9.